The van der Waals surface area contributed by atoms with Gasteiger partial charge in [-0.25, -0.2) is 4.39 Å². The van der Waals surface area contributed by atoms with Crippen LogP contribution in [0.2, 0.25) is 0 Å². The van der Waals surface area contributed by atoms with E-state index in [4.69, 9.17) is 4.74 Å². The van der Waals surface area contributed by atoms with Crippen LogP contribution in [0.3, 0.4) is 0 Å². The highest BCUT2D eigenvalue weighted by molar-refractivity contribution is 5.36. The van der Waals surface area contributed by atoms with E-state index in [0.717, 1.165) is 25.2 Å². The highest BCUT2D eigenvalue weighted by Crippen LogP contribution is 2.38. The Bertz CT molecular complexity index is 1000. The number of ether oxygens (including phenoxy) is 1. The van der Waals surface area contributed by atoms with Crippen molar-refractivity contribution >= 4 is 0 Å². The lowest BCUT2D eigenvalue weighted by Crippen LogP contribution is -2.16. The molecule has 0 spiro atoms. The Kier molecular flexibility index (Phi) is 10.0. The molecule has 0 heterocycles. The Hall–Kier alpha value is -2.16. The van der Waals surface area contributed by atoms with Crippen LogP contribution in [0, 0.1) is 23.5 Å². The smallest absolute Gasteiger partial charge is 0.200 e. The van der Waals surface area contributed by atoms with Gasteiger partial charge in [0.1, 0.15) is 0 Å². The van der Waals surface area contributed by atoms with Gasteiger partial charge in [-0.15, -0.1) is 0 Å². The highest BCUT2D eigenvalue weighted by atomic mass is 19.2. The molecule has 0 aromatic heterocycles. The predicted molar refractivity (Wildman–Crippen MR) is 146 cm³/mol. The molecule has 0 amide bonds. The second-order valence-electron chi connectivity index (χ2n) is 11.1. The van der Waals surface area contributed by atoms with Crippen LogP contribution in [0.5, 0.6) is 5.75 Å². The van der Waals surface area contributed by atoms with Gasteiger partial charge >= 0.3 is 0 Å². The Morgan fingerprint density at radius 3 is 2.53 bits per heavy atom. The van der Waals surface area contributed by atoms with Crippen molar-refractivity contribution in [3.05, 3.63) is 76.4 Å². The molecule has 2 aromatic rings. The number of hydrogen-bond donors (Lipinski definition) is 0. The SMILES string of the molecule is CCCCOc1ccc(CC/C=C/C2CCC(c3ccc4c(c3)CCC(CCC)C4)CC2)c(F)c1F. The molecule has 196 valence electrons. The fourth-order valence-electron chi connectivity index (χ4n) is 6.13. The summed E-state index contributed by atoms with van der Waals surface area (Å²) < 4.78 is 34.1. The molecule has 0 saturated heterocycles. The third-order valence-corrected chi connectivity index (χ3v) is 8.37. The van der Waals surface area contributed by atoms with Gasteiger partial charge in [0.15, 0.2) is 11.6 Å². The van der Waals surface area contributed by atoms with Crippen molar-refractivity contribution in [1.82, 2.24) is 0 Å². The molecule has 2 aliphatic rings. The minimum atomic E-state index is -0.853. The van der Waals surface area contributed by atoms with Gasteiger partial charge < -0.3 is 4.74 Å². The number of unbranched alkanes of at least 4 members (excludes halogenated alkanes) is 1. The Morgan fingerprint density at radius 1 is 0.917 bits per heavy atom. The summed E-state index contributed by atoms with van der Waals surface area (Å²) in [5, 5.41) is 0. The van der Waals surface area contributed by atoms with Gasteiger partial charge in [0.05, 0.1) is 6.61 Å². The molecule has 2 aromatic carbocycles. The third kappa shape index (κ3) is 6.99. The maximum absolute atomic E-state index is 14.4. The van der Waals surface area contributed by atoms with Gasteiger partial charge in [-0.2, -0.15) is 4.39 Å². The first-order valence-electron chi connectivity index (χ1n) is 14.5. The molecule has 36 heavy (non-hydrogen) atoms. The van der Waals surface area contributed by atoms with Crippen molar-refractivity contribution in [2.75, 3.05) is 6.61 Å². The summed E-state index contributed by atoms with van der Waals surface area (Å²) in [6.45, 7) is 4.76. The molecule has 4 rings (SSSR count). The van der Waals surface area contributed by atoms with Crippen LogP contribution in [-0.4, -0.2) is 6.61 Å². The van der Waals surface area contributed by atoms with Crippen molar-refractivity contribution < 1.29 is 13.5 Å². The third-order valence-electron chi connectivity index (χ3n) is 8.37. The first-order chi connectivity index (χ1) is 17.6. The second kappa shape index (κ2) is 13.4. The van der Waals surface area contributed by atoms with Crippen LogP contribution in [0.1, 0.15) is 106 Å². The van der Waals surface area contributed by atoms with E-state index in [2.05, 4.69) is 37.3 Å². The van der Waals surface area contributed by atoms with Gasteiger partial charge in [-0.3, -0.25) is 0 Å². The van der Waals surface area contributed by atoms with Crippen LogP contribution in [0.4, 0.5) is 8.78 Å². The second-order valence-corrected chi connectivity index (χ2v) is 11.1. The quantitative estimate of drug-likeness (QED) is 0.223. The van der Waals surface area contributed by atoms with Gasteiger partial charge in [-0.1, -0.05) is 69.5 Å². The molecule has 1 fully saturated rings. The summed E-state index contributed by atoms with van der Waals surface area (Å²) in [5.74, 6) is 0.581. The average Bonchev–Trinajstić information content (AvgIpc) is 2.90. The number of rotatable bonds is 11. The topological polar surface area (TPSA) is 9.23 Å². The summed E-state index contributed by atoms with van der Waals surface area (Å²) in [6, 6.07) is 10.6. The van der Waals surface area contributed by atoms with Crippen molar-refractivity contribution in [3.8, 4) is 5.75 Å². The summed E-state index contributed by atoms with van der Waals surface area (Å²) in [7, 11) is 0. The van der Waals surface area contributed by atoms with Crippen molar-refractivity contribution in [3.63, 3.8) is 0 Å². The molecule has 0 aliphatic heterocycles. The first-order valence-corrected chi connectivity index (χ1v) is 14.5. The summed E-state index contributed by atoms with van der Waals surface area (Å²) in [5.41, 5.74) is 5.17. The lowest BCUT2D eigenvalue weighted by atomic mass is 9.76. The van der Waals surface area contributed by atoms with Crippen molar-refractivity contribution in [2.24, 2.45) is 11.8 Å². The number of hydrogen-bond acceptors (Lipinski definition) is 1. The lowest BCUT2D eigenvalue weighted by Gasteiger charge is -2.29. The molecule has 1 atom stereocenters. The fourth-order valence-corrected chi connectivity index (χ4v) is 6.13. The average molecular weight is 495 g/mol. The molecule has 3 heteroatoms. The Morgan fingerprint density at radius 2 is 1.75 bits per heavy atom. The molecule has 1 unspecified atom stereocenters. The number of allylic oxidation sites excluding steroid dienone is 2. The van der Waals surface area contributed by atoms with E-state index < -0.39 is 11.6 Å². The molecule has 0 bridgehead atoms. The van der Waals surface area contributed by atoms with Crippen molar-refractivity contribution in [2.45, 2.75) is 103 Å². The van der Waals surface area contributed by atoms with Gasteiger partial charge in [-0.05, 0) is 110 Å². The zero-order chi connectivity index (χ0) is 25.3. The summed E-state index contributed by atoms with van der Waals surface area (Å²) >= 11 is 0. The van der Waals surface area contributed by atoms with E-state index in [-0.39, 0.29) is 5.75 Å². The van der Waals surface area contributed by atoms with Gasteiger partial charge in [0.2, 0.25) is 5.82 Å². The van der Waals surface area contributed by atoms with Gasteiger partial charge in [0.25, 0.3) is 0 Å². The van der Waals surface area contributed by atoms with E-state index in [9.17, 15) is 8.78 Å². The maximum Gasteiger partial charge on any atom is 0.200 e. The molecule has 2 aliphatic carbocycles. The lowest BCUT2D eigenvalue weighted by molar-refractivity contribution is 0.288. The van der Waals surface area contributed by atoms with Crippen LogP contribution >= 0.6 is 0 Å². The van der Waals surface area contributed by atoms with Crippen LogP contribution in [0.15, 0.2) is 42.5 Å². The van der Waals surface area contributed by atoms with Crippen LogP contribution in [0.25, 0.3) is 0 Å². The molecule has 0 radical (unpaired) electrons. The number of halogens is 2. The van der Waals surface area contributed by atoms with E-state index in [1.54, 1.807) is 28.8 Å². The highest BCUT2D eigenvalue weighted by Gasteiger charge is 2.23. The van der Waals surface area contributed by atoms with Crippen LogP contribution < -0.4 is 4.74 Å². The molecule has 1 saturated carbocycles. The molecule has 1 nitrogen and oxygen atoms in total. The number of benzene rings is 2. The zero-order valence-electron chi connectivity index (χ0n) is 22.3. The van der Waals surface area contributed by atoms with E-state index >= 15 is 0 Å². The predicted octanol–water partition coefficient (Wildman–Crippen LogP) is 9.51. The summed E-state index contributed by atoms with van der Waals surface area (Å²) in [4.78, 5) is 0. The number of aryl methyl sites for hydroxylation is 2. The summed E-state index contributed by atoms with van der Waals surface area (Å²) in [6.07, 6.45) is 19.0. The monoisotopic (exact) mass is 494 g/mol. The van der Waals surface area contributed by atoms with Gasteiger partial charge in [0, 0.05) is 0 Å². The van der Waals surface area contributed by atoms with E-state index in [0.29, 0.717) is 30.4 Å². The normalized spacial score (nSPS) is 22.1. The zero-order valence-corrected chi connectivity index (χ0v) is 22.3. The molecular formula is C33H44F2O. The van der Waals surface area contributed by atoms with E-state index in [1.807, 2.05) is 6.92 Å². The van der Waals surface area contributed by atoms with Crippen molar-refractivity contribution in [1.29, 1.82) is 0 Å². The number of fused-ring (bicyclic) bond motifs is 1. The largest absolute Gasteiger partial charge is 0.490 e. The molecular weight excluding hydrogens is 450 g/mol. The minimum Gasteiger partial charge on any atom is -0.490 e. The Balaban J connectivity index is 1.22. The maximum atomic E-state index is 14.4. The van der Waals surface area contributed by atoms with E-state index in [1.165, 1.54) is 57.8 Å². The Labute approximate surface area is 217 Å². The fraction of sp³-hybridized carbons (Fsp3) is 0.576. The first kappa shape index (κ1) is 26.9. The molecule has 0 N–H and O–H groups in total. The van der Waals surface area contributed by atoms with Crippen LogP contribution in [-0.2, 0) is 19.3 Å². The minimum absolute atomic E-state index is 0.0246. The standard InChI is InChI=1S/C33H44F2O/c1-3-5-21-36-31-20-19-27(32(34)33(31)35)10-7-6-9-24-11-14-26(15-12-24)29-18-17-28-22-25(8-4-2)13-16-30(28)23-29/h6,9,17-20,23-26H,3-5,7-8,10-16,21-22H2,1-2H3/b9-6+.